The van der Waals surface area contributed by atoms with Crippen LogP contribution in [0.3, 0.4) is 0 Å². The Bertz CT molecular complexity index is 1240. The number of fused-ring (bicyclic) bond motifs is 1. The quantitative estimate of drug-likeness (QED) is 0.606. The molecule has 168 valence electrons. The van der Waals surface area contributed by atoms with Gasteiger partial charge in [-0.05, 0) is 85.7 Å². The first-order valence-electron chi connectivity index (χ1n) is 10.7. The van der Waals surface area contributed by atoms with Crippen LogP contribution in [0, 0.1) is 5.82 Å². The highest BCUT2D eigenvalue weighted by Gasteiger charge is 2.56. The molecule has 2 aliphatic rings. The minimum absolute atomic E-state index is 0.194. The molecule has 2 heterocycles. The summed E-state index contributed by atoms with van der Waals surface area (Å²) in [6, 6.07) is 13.4. The minimum atomic E-state index is -3.60. The highest BCUT2D eigenvalue weighted by molar-refractivity contribution is 7.93. The summed E-state index contributed by atoms with van der Waals surface area (Å²) in [4.78, 5) is 4.34. The van der Waals surface area contributed by atoms with Gasteiger partial charge in [-0.25, -0.2) is 12.8 Å². The first-order chi connectivity index (χ1) is 15.4. The fourth-order valence-corrected chi connectivity index (χ4v) is 6.76. The van der Waals surface area contributed by atoms with Gasteiger partial charge in [0.15, 0.2) is 0 Å². The number of hydrogen-bond acceptors (Lipinski definition) is 5. The Morgan fingerprint density at radius 2 is 1.88 bits per heavy atom. The standard InChI is InChI=1S/C24H25FN2O4S/c1-30-19-5-3-18(4-6-19)27-32(28,29)23-15-31-24(23)11-8-16(9-12-24)20-10-13-26-22-7-2-17(25)14-21(20)22/h2-7,10,13-14,16,23,27H,8-9,11-12,15H2,1H3. The number of benzene rings is 2. The van der Waals surface area contributed by atoms with E-state index >= 15 is 0 Å². The van der Waals surface area contributed by atoms with Crippen molar-refractivity contribution in [2.75, 3.05) is 18.4 Å². The van der Waals surface area contributed by atoms with Crippen LogP contribution < -0.4 is 9.46 Å². The lowest BCUT2D eigenvalue weighted by Gasteiger charge is -2.52. The molecule has 1 unspecified atom stereocenters. The van der Waals surface area contributed by atoms with Crippen molar-refractivity contribution in [3.05, 3.63) is 66.1 Å². The number of nitrogens with zero attached hydrogens (tertiary/aromatic N) is 1. The van der Waals surface area contributed by atoms with Gasteiger partial charge in [-0.3, -0.25) is 9.71 Å². The van der Waals surface area contributed by atoms with E-state index < -0.39 is 20.9 Å². The van der Waals surface area contributed by atoms with E-state index in [4.69, 9.17) is 9.47 Å². The van der Waals surface area contributed by atoms with Gasteiger partial charge in [0.25, 0.3) is 0 Å². The Labute approximate surface area is 186 Å². The molecule has 0 amide bonds. The molecule has 1 atom stereocenters. The Morgan fingerprint density at radius 3 is 2.53 bits per heavy atom. The van der Waals surface area contributed by atoms with E-state index in [1.54, 1.807) is 43.6 Å². The minimum Gasteiger partial charge on any atom is -0.497 e. The Morgan fingerprint density at radius 1 is 1.12 bits per heavy atom. The second-order valence-corrected chi connectivity index (χ2v) is 10.4. The SMILES string of the molecule is COc1ccc(NS(=O)(=O)C2COC23CCC(c2ccnc4ccc(F)cc24)CC3)cc1. The zero-order valence-corrected chi connectivity index (χ0v) is 18.6. The predicted octanol–water partition coefficient (Wildman–Crippen LogP) is 4.62. The third-order valence-corrected chi connectivity index (χ3v) is 8.68. The normalized spacial score (nSPS) is 25.4. The highest BCUT2D eigenvalue weighted by Crippen LogP contribution is 2.49. The molecule has 1 aromatic heterocycles. The van der Waals surface area contributed by atoms with Crippen molar-refractivity contribution in [1.82, 2.24) is 4.98 Å². The molecule has 2 fully saturated rings. The van der Waals surface area contributed by atoms with Gasteiger partial charge in [0.05, 0.1) is 24.8 Å². The second-order valence-electron chi connectivity index (χ2n) is 8.58. The Balaban J connectivity index is 1.31. The van der Waals surface area contributed by atoms with Crippen molar-refractivity contribution in [2.24, 2.45) is 0 Å². The van der Waals surface area contributed by atoms with Gasteiger partial charge in [0.2, 0.25) is 10.0 Å². The summed E-state index contributed by atoms with van der Waals surface area (Å²) in [5.74, 6) is 0.602. The van der Waals surface area contributed by atoms with Crippen LogP contribution in [0.1, 0.15) is 37.2 Å². The molecule has 0 radical (unpaired) electrons. The maximum atomic E-state index is 13.8. The van der Waals surface area contributed by atoms with E-state index in [-0.39, 0.29) is 18.3 Å². The van der Waals surface area contributed by atoms with E-state index in [0.717, 1.165) is 29.3 Å². The molecule has 1 N–H and O–H groups in total. The molecule has 3 aromatic rings. The van der Waals surface area contributed by atoms with Crippen LogP contribution in [0.5, 0.6) is 5.75 Å². The maximum Gasteiger partial charge on any atom is 0.240 e. The Kier molecular flexibility index (Phi) is 5.29. The number of sulfonamides is 1. The predicted molar refractivity (Wildman–Crippen MR) is 121 cm³/mol. The molecular weight excluding hydrogens is 431 g/mol. The van der Waals surface area contributed by atoms with Crippen molar-refractivity contribution in [3.8, 4) is 5.75 Å². The lowest BCUT2D eigenvalue weighted by atomic mass is 9.72. The van der Waals surface area contributed by atoms with Gasteiger partial charge < -0.3 is 9.47 Å². The molecule has 1 aliphatic heterocycles. The van der Waals surface area contributed by atoms with Crippen LogP contribution in [0.4, 0.5) is 10.1 Å². The zero-order chi connectivity index (χ0) is 22.3. The van der Waals surface area contributed by atoms with Gasteiger partial charge in [0, 0.05) is 17.3 Å². The van der Waals surface area contributed by atoms with Crippen LogP contribution in [0.25, 0.3) is 10.9 Å². The van der Waals surface area contributed by atoms with Gasteiger partial charge in [-0.1, -0.05) is 0 Å². The van der Waals surface area contributed by atoms with Crippen molar-refractivity contribution in [2.45, 2.75) is 42.5 Å². The number of hydrogen-bond donors (Lipinski definition) is 1. The van der Waals surface area contributed by atoms with Gasteiger partial charge in [-0.15, -0.1) is 0 Å². The molecule has 1 saturated carbocycles. The van der Waals surface area contributed by atoms with E-state index in [0.29, 0.717) is 24.3 Å². The lowest BCUT2D eigenvalue weighted by molar-refractivity contribution is -0.160. The summed E-state index contributed by atoms with van der Waals surface area (Å²) < 4.78 is 53.8. The largest absolute Gasteiger partial charge is 0.497 e. The van der Waals surface area contributed by atoms with Gasteiger partial charge in [0.1, 0.15) is 16.8 Å². The van der Waals surface area contributed by atoms with Gasteiger partial charge >= 0.3 is 0 Å². The molecular formula is C24H25FN2O4S. The molecule has 5 rings (SSSR count). The van der Waals surface area contributed by atoms with Crippen LogP contribution in [-0.4, -0.2) is 38.0 Å². The maximum absolute atomic E-state index is 13.8. The highest BCUT2D eigenvalue weighted by atomic mass is 32.2. The van der Waals surface area contributed by atoms with Crippen molar-refractivity contribution in [1.29, 1.82) is 0 Å². The van der Waals surface area contributed by atoms with Crippen molar-refractivity contribution in [3.63, 3.8) is 0 Å². The number of pyridine rings is 1. The van der Waals surface area contributed by atoms with Gasteiger partial charge in [-0.2, -0.15) is 0 Å². The molecule has 0 bridgehead atoms. The molecule has 32 heavy (non-hydrogen) atoms. The number of anilines is 1. The topological polar surface area (TPSA) is 77.5 Å². The van der Waals surface area contributed by atoms with E-state index in [9.17, 15) is 12.8 Å². The average molecular weight is 457 g/mol. The summed E-state index contributed by atoms with van der Waals surface area (Å²) in [6.45, 7) is 0.194. The first kappa shape index (κ1) is 21.2. The molecule has 2 aromatic carbocycles. The number of ether oxygens (including phenoxy) is 2. The third-order valence-electron chi connectivity index (χ3n) is 6.84. The molecule has 1 aliphatic carbocycles. The van der Waals surface area contributed by atoms with Crippen LogP contribution in [0.2, 0.25) is 0 Å². The summed E-state index contributed by atoms with van der Waals surface area (Å²) in [5, 5.41) is 0.234. The fourth-order valence-electron chi connectivity index (χ4n) is 5.03. The summed E-state index contributed by atoms with van der Waals surface area (Å²) in [7, 11) is -2.04. The van der Waals surface area contributed by atoms with Crippen molar-refractivity contribution >= 4 is 26.6 Å². The van der Waals surface area contributed by atoms with E-state index in [1.807, 2.05) is 6.07 Å². The summed E-state index contributed by atoms with van der Waals surface area (Å²) in [5.41, 5.74) is 1.68. The fraction of sp³-hybridized carbons (Fsp3) is 0.375. The lowest BCUT2D eigenvalue weighted by Crippen LogP contribution is -2.63. The Hall–Kier alpha value is -2.71. The van der Waals surface area contributed by atoms with Crippen molar-refractivity contribution < 1.29 is 22.3 Å². The second kappa shape index (κ2) is 8.01. The number of rotatable bonds is 5. The third kappa shape index (κ3) is 3.71. The molecule has 6 nitrogen and oxygen atoms in total. The van der Waals surface area contributed by atoms with Crippen LogP contribution in [-0.2, 0) is 14.8 Å². The molecule has 1 saturated heterocycles. The molecule has 1 spiro atoms. The first-order valence-corrected chi connectivity index (χ1v) is 12.3. The van der Waals surface area contributed by atoms with Crippen LogP contribution >= 0.6 is 0 Å². The van der Waals surface area contributed by atoms with Crippen LogP contribution in [0.15, 0.2) is 54.7 Å². The summed E-state index contributed by atoms with van der Waals surface area (Å²) >= 11 is 0. The molecule has 8 heteroatoms. The number of aromatic nitrogens is 1. The number of halogens is 1. The van der Waals surface area contributed by atoms with E-state index in [1.165, 1.54) is 12.1 Å². The zero-order valence-electron chi connectivity index (χ0n) is 17.8. The number of nitrogens with one attached hydrogen (secondary N) is 1. The number of methoxy groups -OCH3 is 1. The van der Waals surface area contributed by atoms with E-state index in [2.05, 4.69) is 9.71 Å². The summed E-state index contributed by atoms with van der Waals surface area (Å²) in [6.07, 6.45) is 4.61. The smallest absolute Gasteiger partial charge is 0.240 e. The monoisotopic (exact) mass is 456 g/mol. The average Bonchev–Trinajstić information content (AvgIpc) is 2.78.